The molecule has 0 atom stereocenters. The van der Waals surface area contributed by atoms with Crippen molar-refractivity contribution in [1.82, 2.24) is 10.2 Å². The lowest BCUT2D eigenvalue weighted by atomic mass is 9.79. The average Bonchev–Trinajstić information content (AvgIpc) is 2.62. The van der Waals surface area contributed by atoms with Crippen molar-refractivity contribution in [2.75, 3.05) is 26.7 Å². The van der Waals surface area contributed by atoms with E-state index in [1.54, 1.807) is 12.0 Å². The summed E-state index contributed by atoms with van der Waals surface area (Å²) in [6.07, 6.45) is 3.41. The maximum atomic E-state index is 12.5. The van der Waals surface area contributed by atoms with Gasteiger partial charge in [-0.3, -0.25) is 9.59 Å². The number of piperidine rings is 1. The number of likely N-dealkylation sites (tertiary alicyclic amines) is 1. The van der Waals surface area contributed by atoms with Crippen molar-refractivity contribution in [1.29, 1.82) is 0 Å². The molecule has 5 heteroatoms. The third kappa shape index (κ3) is 4.16. The number of nitrogens with zero attached hydrogens (tertiary/aromatic N) is 1. The maximum Gasteiger partial charge on any atom is 0.245 e. The summed E-state index contributed by atoms with van der Waals surface area (Å²) in [6, 6.07) is 7.82. The van der Waals surface area contributed by atoms with Gasteiger partial charge in [0.25, 0.3) is 0 Å². The lowest BCUT2D eigenvalue weighted by Crippen LogP contribution is -2.48. The molecule has 130 valence electrons. The molecule has 1 aliphatic rings. The molecule has 1 aromatic carbocycles. The fourth-order valence-electron chi connectivity index (χ4n) is 3.01. The lowest BCUT2D eigenvalue weighted by Gasteiger charge is -2.37. The predicted molar refractivity (Wildman–Crippen MR) is 93.8 cm³/mol. The van der Waals surface area contributed by atoms with Crippen molar-refractivity contribution in [3.63, 3.8) is 0 Å². The summed E-state index contributed by atoms with van der Waals surface area (Å²) in [5.74, 6) is 0.839. The number of hydrogen-bond acceptors (Lipinski definition) is 3. The molecule has 5 nitrogen and oxygen atoms in total. The molecule has 0 aromatic heterocycles. The first-order valence-corrected chi connectivity index (χ1v) is 8.32. The van der Waals surface area contributed by atoms with Crippen LogP contribution in [0.25, 0.3) is 0 Å². The highest BCUT2D eigenvalue weighted by atomic mass is 16.5. The van der Waals surface area contributed by atoms with Crippen LogP contribution in [0.1, 0.15) is 25.3 Å². The molecular formula is C19H26N2O3. The molecule has 0 unspecified atom stereocenters. The number of hydrogen-bond donors (Lipinski definition) is 1. The minimum absolute atomic E-state index is 0.0584. The van der Waals surface area contributed by atoms with Gasteiger partial charge in [0.15, 0.2) is 0 Å². The number of carbonyl (C=O) groups is 2. The van der Waals surface area contributed by atoms with Crippen LogP contribution < -0.4 is 10.1 Å². The zero-order valence-electron chi connectivity index (χ0n) is 14.5. The standard InChI is InChI=1S/C19H26N2O3/c1-4-17(22)21-13-10-19(2,11-14-21)18(23)20-12-9-15-7-5-6-8-16(15)24-3/h4-8H,1,9-14H2,2-3H3,(H,20,23). The molecule has 2 rings (SSSR count). The molecule has 1 N–H and O–H groups in total. The Morgan fingerprint density at radius 3 is 2.62 bits per heavy atom. The van der Waals surface area contributed by atoms with Crippen molar-refractivity contribution in [3.05, 3.63) is 42.5 Å². The zero-order chi connectivity index (χ0) is 17.6. The fraction of sp³-hybridized carbons (Fsp3) is 0.474. The molecule has 0 spiro atoms. The Kier molecular flexibility index (Phi) is 6.01. The van der Waals surface area contributed by atoms with Crippen LogP contribution in [0.3, 0.4) is 0 Å². The van der Waals surface area contributed by atoms with Gasteiger partial charge in [-0.05, 0) is 37.0 Å². The molecule has 0 radical (unpaired) electrons. The zero-order valence-corrected chi connectivity index (χ0v) is 14.5. The topological polar surface area (TPSA) is 58.6 Å². The molecule has 1 fully saturated rings. The van der Waals surface area contributed by atoms with Gasteiger partial charge in [0.1, 0.15) is 5.75 Å². The summed E-state index contributed by atoms with van der Waals surface area (Å²) < 4.78 is 5.33. The van der Waals surface area contributed by atoms with Gasteiger partial charge in [0.05, 0.1) is 7.11 Å². The van der Waals surface area contributed by atoms with Gasteiger partial charge in [-0.2, -0.15) is 0 Å². The number of amides is 2. The minimum Gasteiger partial charge on any atom is -0.496 e. The van der Waals surface area contributed by atoms with E-state index in [2.05, 4.69) is 11.9 Å². The smallest absolute Gasteiger partial charge is 0.245 e. The van der Waals surface area contributed by atoms with Crippen LogP contribution in [-0.2, 0) is 16.0 Å². The van der Waals surface area contributed by atoms with Gasteiger partial charge in [-0.25, -0.2) is 0 Å². The molecule has 1 aliphatic heterocycles. The van der Waals surface area contributed by atoms with E-state index in [1.165, 1.54) is 6.08 Å². The van der Waals surface area contributed by atoms with E-state index < -0.39 is 5.41 Å². The van der Waals surface area contributed by atoms with Crippen LogP contribution in [0.2, 0.25) is 0 Å². The Hall–Kier alpha value is -2.30. The second-order valence-electron chi connectivity index (χ2n) is 6.41. The largest absolute Gasteiger partial charge is 0.496 e. The fourth-order valence-corrected chi connectivity index (χ4v) is 3.01. The third-order valence-corrected chi connectivity index (χ3v) is 4.77. The van der Waals surface area contributed by atoms with Crippen LogP contribution >= 0.6 is 0 Å². The summed E-state index contributed by atoms with van der Waals surface area (Å²) in [5.41, 5.74) is 0.662. The molecular weight excluding hydrogens is 304 g/mol. The summed E-state index contributed by atoms with van der Waals surface area (Å²) in [7, 11) is 1.65. The van der Waals surface area contributed by atoms with Gasteiger partial charge in [-0.1, -0.05) is 31.7 Å². The highest BCUT2D eigenvalue weighted by Gasteiger charge is 2.37. The van der Waals surface area contributed by atoms with E-state index in [0.29, 0.717) is 32.5 Å². The number of benzene rings is 1. The summed E-state index contributed by atoms with van der Waals surface area (Å²) in [6.45, 7) is 7.25. The van der Waals surface area contributed by atoms with Crippen molar-refractivity contribution < 1.29 is 14.3 Å². The van der Waals surface area contributed by atoms with Crippen molar-refractivity contribution in [2.24, 2.45) is 5.41 Å². The molecule has 1 heterocycles. The Morgan fingerprint density at radius 2 is 2.00 bits per heavy atom. The van der Waals surface area contributed by atoms with E-state index in [9.17, 15) is 9.59 Å². The molecule has 0 aliphatic carbocycles. The van der Waals surface area contributed by atoms with Crippen LogP contribution in [0.15, 0.2) is 36.9 Å². The highest BCUT2D eigenvalue weighted by molar-refractivity contribution is 5.87. The number of ether oxygens (including phenoxy) is 1. The van der Waals surface area contributed by atoms with E-state index in [1.807, 2.05) is 31.2 Å². The van der Waals surface area contributed by atoms with E-state index in [-0.39, 0.29) is 11.8 Å². The SMILES string of the molecule is C=CC(=O)N1CCC(C)(C(=O)NCCc2ccccc2OC)CC1. The summed E-state index contributed by atoms with van der Waals surface area (Å²) >= 11 is 0. The average molecular weight is 330 g/mol. The predicted octanol–water partition coefficient (Wildman–Crippen LogP) is 2.17. The van der Waals surface area contributed by atoms with Crippen molar-refractivity contribution >= 4 is 11.8 Å². The second-order valence-corrected chi connectivity index (χ2v) is 6.41. The van der Waals surface area contributed by atoms with E-state index in [4.69, 9.17) is 4.74 Å². The minimum atomic E-state index is -0.418. The van der Waals surface area contributed by atoms with E-state index >= 15 is 0 Å². The van der Waals surface area contributed by atoms with Crippen LogP contribution in [0.4, 0.5) is 0 Å². The second kappa shape index (κ2) is 7.99. The third-order valence-electron chi connectivity index (χ3n) is 4.77. The first-order valence-electron chi connectivity index (χ1n) is 8.32. The van der Waals surface area contributed by atoms with Gasteiger partial charge in [0, 0.05) is 25.0 Å². The van der Waals surface area contributed by atoms with Gasteiger partial charge >= 0.3 is 0 Å². The Labute approximate surface area is 143 Å². The number of methoxy groups -OCH3 is 1. The summed E-state index contributed by atoms with van der Waals surface area (Å²) in [5, 5.41) is 3.03. The lowest BCUT2D eigenvalue weighted by molar-refractivity contribution is -0.137. The number of para-hydroxylation sites is 1. The monoisotopic (exact) mass is 330 g/mol. The van der Waals surface area contributed by atoms with Crippen molar-refractivity contribution in [3.8, 4) is 5.75 Å². The molecule has 1 aromatic rings. The number of rotatable bonds is 6. The molecule has 2 amide bonds. The first-order chi connectivity index (χ1) is 11.5. The number of carbonyl (C=O) groups excluding carboxylic acids is 2. The van der Waals surface area contributed by atoms with Crippen LogP contribution in [0, 0.1) is 5.41 Å². The molecule has 1 saturated heterocycles. The Balaban J connectivity index is 1.84. The molecule has 0 bridgehead atoms. The van der Waals surface area contributed by atoms with Gasteiger partial charge in [-0.15, -0.1) is 0 Å². The van der Waals surface area contributed by atoms with Crippen LogP contribution in [0.5, 0.6) is 5.75 Å². The Morgan fingerprint density at radius 1 is 1.33 bits per heavy atom. The van der Waals surface area contributed by atoms with E-state index in [0.717, 1.165) is 17.7 Å². The Bertz CT molecular complexity index is 604. The molecule has 0 saturated carbocycles. The van der Waals surface area contributed by atoms with Gasteiger partial charge < -0.3 is 15.0 Å². The first kappa shape index (κ1) is 18.0. The highest BCUT2D eigenvalue weighted by Crippen LogP contribution is 2.31. The van der Waals surface area contributed by atoms with Crippen molar-refractivity contribution in [2.45, 2.75) is 26.2 Å². The quantitative estimate of drug-likeness (QED) is 0.813. The maximum absolute atomic E-state index is 12.5. The summed E-state index contributed by atoms with van der Waals surface area (Å²) in [4.78, 5) is 25.9. The van der Waals surface area contributed by atoms with Gasteiger partial charge in [0.2, 0.25) is 11.8 Å². The van der Waals surface area contributed by atoms with Crippen LogP contribution in [-0.4, -0.2) is 43.5 Å². The molecule has 24 heavy (non-hydrogen) atoms. The normalized spacial score (nSPS) is 16.3. The number of nitrogens with one attached hydrogen (secondary N) is 1.